The van der Waals surface area contributed by atoms with Crippen LogP contribution in [0.3, 0.4) is 0 Å². The predicted octanol–water partition coefficient (Wildman–Crippen LogP) is 3.71. The van der Waals surface area contributed by atoms with E-state index in [9.17, 15) is 13.6 Å². The molecule has 1 rings (SSSR count). The number of hydrogen-bond donors (Lipinski definition) is 0. The Hall–Kier alpha value is -0.870. The maximum atomic E-state index is 13.5. The maximum Gasteiger partial charge on any atom is 0.256 e. The van der Waals surface area contributed by atoms with Gasteiger partial charge in [0.25, 0.3) is 5.91 Å². The highest BCUT2D eigenvalue weighted by Crippen LogP contribution is 2.20. The zero-order chi connectivity index (χ0) is 13.9. The van der Waals surface area contributed by atoms with Gasteiger partial charge in [-0.05, 0) is 25.5 Å². The first-order valence-corrected chi connectivity index (χ1v) is 6.18. The maximum absolute atomic E-state index is 13.5. The minimum Gasteiger partial charge on any atom is -0.342 e. The van der Waals surface area contributed by atoms with Crippen LogP contribution in [-0.2, 0) is 0 Å². The minimum atomic E-state index is -0.836. The van der Waals surface area contributed by atoms with E-state index < -0.39 is 17.5 Å². The number of nitrogens with zero attached hydrogens (tertiary/aromatic N) is 1. The Kier molecular flexibility index (Phi) is 5.35. The van der Waals surface area contributed by atoms with Crippen LogP contribution in [0.1, 0.15) is 23.7 Å². The first kappa shape index (κ1) is 15.2. The molecule has 0 saturated heterocycles. The molecule has 18 heavy (non-hydrogen) atoms. The summed E-state index contributed by atoms with van der Waals surface area (Å²) in [5, 5.41) is -0.437. The quantitative estimate of drug-likeness (QED) is 0.612. The lowest BCUT2D eigenvalue weighted by Crippen LogP contribution is -2.29. The summed E-state index contributed by atoms with van der Waals surface area (Å²) >= 11 is 11.2. The van der Waals surface area contributed by atoms with E-state index in [2.05, 4.69) is 0 Å². The van der Waals surface area contributed by atoms with E-state index in [1.807, 2.05) is 0 Å². The van der Waals surface area contributed by atoms with Gasteiger partial charge in [0.05, 0.1) is 10.6 Å². The Balaban J connectivity index is 2.87. The minimum absolute atomic E-state index is 0.0907. The molecule has 100 valence electrons. The van der Waals surface area contributed by atoms with Crippen molar-refractivity contribution in [3.05, 3.63) is 34.4 Å². The lowest BCUT2D eigenvalue weighted by molar-refractivity contribution is 0.0788. The third kappa shape index (κ3) is 3.82. The molecule has 0 aliphatic carbocycles. The molecule has 1 unspecified atom stereocenters. The Morgan fingerprint density at radius 2 is 2.00 bits per heavy atom. The van der Waals surface area contributed by atoms with E-state index in [4.69, 9.17) is 23.2 Å². The van der Waals surface area contributed by atoms with E-state index in [-0.39, 0.29) is 16.0 Å². The number of carbonyl (C=O) groups excluding carboxylic acids is 1. The molecule has 1 aromatic carbocycles. The summed E-state index contributed by atoms with van der Waals surface area (Å²) in [6.07, 6.45) is 0.571. The number of carbonyl (C=O) groups is 1. The van der Waals surface area contributed by atoms with Crippen LogP contribution < -0.4 is 0 Å². The van der Waals surface area contributed by atoms with Crippen molar-refractivity contribution in [2.75, 3.05) is 13.6 Å². The van der Waals surface area contributed by atoms with E-state index in [1.54, 1.807) is 6.92 Å². The van der Waals surface area contributed by atoms with Crippen molar-refractivity contribution in [2.24, 2.45) is 0 Å². The molecule has 1 atom stereocenters. The van der Waals surface area contributed by atoms with Crippen LogP contribution in [0, 0.1) is 11.6 Å². The largest absolute Gasteiger partial charge is 0.342 e. The van der Waals surface area contributed by atoms with Gasteiger partial charge in [0.1, 0.15) is 11.6 Å². The summed E-state index contributed by atoms with van der Waals surface area (Å²) < 4.78 is 26.7. The SMILES string of the molecule is CC(Cl)CCN(C)C(=O)c1cc(F)c(Cl)cc1F. The van der Waals surface area contributed by atoms with Crippen LogP contribution in [0.25, 0.3) is 0 Å². The fraction of sp³-hybridized carbons (Fsp3) is 0.417. The van der Waals surface area contributed by atoms with Gasteiger partial charge in [0.2, 0.25) is 0 Å². The fourth-order valence-corrected chi connectivity index (χ4v) is 1.61. The summed E-state index contributed by atoms with van der Waals surface area (Å²) in [5.74, 6) is -2.25. The molecule has 0 aliphatic heterocycles. The van der Waals surface area contributed by atoms with Gasteiger partial charge in [-0.3, -0.25) is 4.79 Å². The van der Waals surface area contributed by atoms with Crippen molar-refractivity contribution in [1.82, 2.24) is 4.90 Å². The summed E-state index contributed by atoms with van der Waals surface area (Å²) in [6, 6.07) is 1.60. The second-order valence-electron chi connectivity index (χ2n) is 4.04. The number of alkyl halides is 1. The monoisotopic (exact) mass is 295 g/mol. The van der Waals surface area contributed by atoms with Gasteiger partial charge < -0.3 is 4.90 Å². The number of hydrogen-bond acceptors (Lipinski definition) is 1. The average Bonchev–Trinajstić information content (AvgIpc) is 2.29. The van der Waals surface area contributed by atoms with Gasteiger partial charge in [-0.1, -0.05) is 11.6 Å². The fourth-order valence-electron chi connectivity index (χ4n) is 1.37. The normalized spacial score (nSPS) is 12.3. The number of halogens is 4. The Morgan fingerprint density at radius 1 is 1.39 bits per heavy atom. The molecule has 0 radical (unpaired) electrons. The van der Waals surface area contributed by atoms with Crippen molar-refractivity contribution in [1.29, 1.82) is 0 Å². The van der Waals surface area contributed by atoms with Gasteiger partial charge in [0, 0.05) is 19.0 Å². The zero-order valence-corrected chi connectivity index (χ0v) is 11.5. The molecule has 0 aromatic heterocycles. The lowest BCUT2D eigenvalue weighted by Gasteiger charge is -2.18. The first-order valence-electron chi connectivity index (χ1n) is 5.37. The molecule has 1 amide bonds. The lowest BCUT2D eigenvalue weighted by atomic mass is 10.1. The van der Waals surface area contributed by atoms with Crippen LogP contribution in [0.2, 0.25) is 5.02 Å². The number of benzene rings is 1. The molecule has 0 heterocycles. The van der Waals surface area contributed by atoms with Crippen LogP contribution in [-0.4, -0.2) is 29.8 Å². The third-order valence-electron chi connectivity index (χ3n) is 2.45. The molecule has 2 nitrogen and oxygen atoms in total. The van der Waals surface area contributed by atoms with Crippen molar-refractivity contribution in [2.45, 2.75) is 18.7 Å². The summed E-state index contributed by atoms with van der Waals surface area (Å²) in [6.45, 7) is 2.16. The highest BCUT2D eigenvalue weighted by atomic mass is 35.5. The van der Waals surface area contributed by atoms with E-state index in [0.29, 0.717) is 13.0 Å². The van der Waals surface area contributed by atoms with Crippen LogP contribution in [0.4, 0.5) is 8.78 Å². The second kappa shape index (κ2) is 6.34. The molecular formula is C12H13Cl2F2NO. The second-order valence-corrected chi connectivity index (χ2v) is 5.19. The first-order chi connectivity index (χ1) is 8.32. The standard InChI is InChI=1S/C12H13Cl2F2NO/c1-7(13)3-4-17(2)12(18)8-5-11(16)9(14)6-10(8)15/h5-7H,3-4H2,1-2H3. The zero-order valence-electron chi connectivity index (χ0n) is 10.0. The number of amides is 1. The molecule has 0 N–H and O–H groups in total. The Bertz CT molecular complexity index is 452. The molecule has 1 aromatic rings. The Labute approximate surface area is 114 Å². The molecule has 0 fully saturated rings. The van der Waals surface area contributed by atoms with Gasteiger partial charge in [-0.25, -0.2) is 8.78 Å². The smallest absolute Gasteiger partial charge is 0.256 e. The predicted molar refractivity (Wildman–Crippen MR) is 68.3 cm³/mol. The third-order valence-corrected chi connectivity index (χ3v) is 2.96. The Morgan fingerprint density at radius 3 is 2.56 bits per heavy atom. The van der Waals surface area contributed by atoms with Crippen molar-refractivity contribution < 1.29 is 13.6 Å². The van der Waals surface area contributed by atoms with Crippen molar-refractivity contribution >= 4 is 29.1 Å². The van der Waals surface area contributed by atoms with Crippen LogP contribution in [0.5, 0.6) is 0 Å². The summed E-state index contributed by atoms with van der Waals surface area (Å²) in [7, 11) is 1.51. The molecule has 0 spiro atoms. The molecular weight excluding hydrogens is 283 g/mol. The summed E-state index contributed by atoms with van der Waals surface area (Å²) in [5.41, 5.74) is -0.332. The average molecular weight is 296 g/mol. The topological polar surface area (TPSA) is 20.3 Å². The van der Waals surface area contributed by atoms with Crippen molar-refractivity contribution in [3.8, 4) is 0 Å². The van der Waals surface area contributed by atoms with Crippen LogP contribution >= 0.6 is 23.2 Å². The van der Waals surface area contributed by atoms with Crippen molar-refractivity contribution in [3.63, 3.8) is 0 Å². The van der Waals surface area contributed by atoms with Gasteiger partial charge >= 0.3 is 0 Å². The van der Waals surface area contributed by atoms with E-state index in [0.717, 1.165) is 12.1 Å². The van der Waals surface area contributed by atoms with E-state index in [1.165, 1.54) is 11.9 Å². The van der Waals surface area contributed by atoms with Gasteiger partial charge in [-0.15, -0.1) is 11.6 Å². The molecule has 0 bridgehead atoms. The summed E-state index contributed by atoms with van der Waals surface area (Å²) in [4.78, 5) is 13.2. The molecule has 0 saturated carbocycles. The van der Waals surface area contributed by atoms with E-state index >= 15 is 0 Å². The van der Waals surface area contributed by atoms with Gasteiger partial charge in [0.15, 0.2) is 0 Å². The molecule has 6 heteroatoms. The number of rotatable bonds is 4. The van der Waals surface area contributed by atoms with Gasteiger partial charge in [-0.2, -0.15) is 0 Å². The highest BCUT2D eigenvalue weighted by Gasteiger charge is 2.19. The molecule has 0 aliphatic rings. The highest BCUT2D eigenvalue weighted by molar-refractivity contribution is 6.30. The van der Waals surface area contributed by atoms with Crippen LogP contribution in [0.15, 0.2) is 12.1 Å².